The lowest BCUT2D eigenvalue weighted by Gasteiger charge is -2.10. The van der Waals surface area contributed by atoms with Gasteiger partial charge in [-0.05, 0) is 24.6 Å². The van der Waals surface area contributed by atoms with Gasteiger partial charge >= 0.3 is 0 Å². The lowest BCUT2D eigenvalue weighted by Crippen LogP contribution is -2.13. The van der Waals surface area contributed by atoms with Crippen LogP contribution in [0.4, 0.5) is 0 Å². The Labute approximate surface area is 103 Å². The second-order valence-electron chi connectivity index (χ2n) is 3.30. The molecule has 0 aliphatic carbocycles. The topological polar surface area (TPSA) is 50.1 Å². The van der Waals surface area contributed by atoms with E-state index < -0.39 is 5.92 Å². The normalized spacial score (nSPS) is 11.6. The number of carbonyl (C=O) groups excluding carboxylic acids is 1. The van der Waals surface area contributed by atoms with Crippen molar-refractivity contribution in [2.45, 2.75) is 13.3 Å². The first-order chi connectivity index (χ1) is 7.63. The predicted octanol–water partition coefficient (Wildman–Crippen LogP) is 3.19. The van der Waals surface area contributed by atoms with Gasteiger partial charge in [0.25, 0.3) is 0 Å². The minimum Gasteiger partial charge on any atom is -0.496 e. The number of halogens is 1. The van der Waals surface area contributed by atoms with Crippen molar-refractivity contribution >= 4 is 21.7 Å². The van der Waals surface area contributed by atoms with Gasteiger partial charge in [0.1, 0.15) is 11.7 Å². The van der Waals surface area contributed by atoms with Crippen LogP contribution < -0.4 is 4.74 Å². The predicted molar refractivity (Wildman–Crippen MR) is 64.4 cm³/mol. The summed E-state index contributed by atoms with van der Waals surface area (Å²) in [7, 11) is 1.51. The van der Waals surface area contributed by atoms with E-state index in [1.54, 1.807) is 18.2 Å². The fourth-order valence-corrected chi connectivity index (χ4v) is 1.76. The Hall–Kier alpha value is -1.34. The summed E-state index contributed by atoms with van der Waals surface area (Å²) < 4.78 is 5.91. The van der Waals surface area contributed by atoms with Crippen LogP contribution in [0.25, 0.3) is 0 Å². The summed E-state index contributed by atoms with van der Waals surface area (Å²) >= 11 is 3.30. The zero-order chi connectivity index (χ0) is 12.1. The van der Waals surface area contributed by atoms with Gasteiger partial charge in [0.05, 0.1) is 18.7 Å². The van der Waals surface area contributed by atoms with Crippen molar-refractivity contribution in [3.05, 3.63) is 28.2 Å². The van der Waals surface area contributed by atoms with Crippen LogP contribution >= 0.6 is 15.9 Å². The fourth-order valence-electron chi connectivity index (χ4n) is 1.40. The average Bonchev–Trinajstić information content (AvgIpc) is 2.30. The van der Waals surface area contributed by atoms with E-state index in [2.05, 4.69) is 15.9 Å². The molecule has 0 N–H and O–H groups in total. The number of methoxy groups -OCH3 is 1. The van der Waals surface area contributed by atoms with E-state index in [1.165, 1.54) is 7.11 Å². The largest absolute Gasteiger partial charge is 0.496 e. The first-order valence-electron chi connectivity index (χ1n) is 4.91. The first-order valence-corrected chi connectivity index (χ1v) is 5.70. The van der Waals surface area contributed by atoms with E-state index in [1.807, 2.05) is 13.0 Å². The van der Waals surface area contributed by atoms with Crippen molar-refractivity contribution in [1.29, 1.82) is 5.26 Å². The number of ketones is 1. The Balaban J connectivity index is 3.16. The number of Topliss-reactive ketones (excluding diaryl/α,β-unsaturated/α-hetero) is 1. The van der Waals surface area contributed by atoms with Crippen LogP contribution in [0.3, 0.4) is 0 Å². The molecular weight excluding hydrogens is 270 g/mol. The average molecular weight is 282 g/mol. The lowest BCUT2D eigenvalue weighted by molar-refractivity contribution is 0.0943. The SMILES string of the molecule is CCC(C#N)C(=O)c1cc(Br)ccc1OC. The molecule has 0 saturated carbocycles. The standard InChI is InChI=1S/C12H12BrNO2/c1-3-8(7-14)12(15)10-6-9(13)4-5-11(10)16-2/h4-6,8H,3H2,1-2H3. The molecule has 0 aliphatic rings. The second-order valence-corrected chi connectivity index (χ2v) is 4.21. The van der Waals surface area contributed by atoms with Crippen molar-refractivity contribution in [3.63, 3.8) is 0 Å². The quantitative estimate of drug-likeness (QED) is 0.797. The van der Waals surface area contributed by atoms with Crippen LogP contribution in [0.15, 0.2) is 22.7 Å². The third kappa shape index (κ3) is 2.61. The van der Waals surface area contributed by atoms with E-state index in [-0.39, 0.29) is 5.78 Å². The summed E-state index contributed by atoms with van der Waals surface area (Å²) in [6.07, 6.45) is 0.505. The molecule has 16 heavy (non-hydrogen) atoms. The molecule has 0 aromatic heterocycles. The maximum Gasteiger partial charge on any atom is 0.183 e. The number of benzene rings is 1. The summed E-state index contributed by atoms with van der Waals surface area (Å²) in [6, 6.07) is 7.19. The highest BCUT2D eigenvalue weighted by Gasteiger charge is 2.21. The molecule has 1 unspecified atom stereocenters. The fraction of sp³-hybridized carbons (Fsp3) is 0.333. The maximum absolute atomic E-state index is 12.0. The van der Waals surface area contributed by atoms with Crippen LogP contribution in [-0.2, 0) is 0 Å². The van der Waals surface area contributed by atoms with Crippen LogP contribution in [0.2, 0.25) is 0 Å². The smallest absolute Gasteiger partial charge is 0.183 e. The Kier molecular flexibility index (Phi) is 4.51. The zero-order valence-electron chi connectivity index (χ0n) is 9.16. The molecular formula is C12H12BrNO2. The lowest BCUT2D eigenvalue weighted by atomic mass is 9.96. The molecule has 0 saturated heterocycles. The minimum atomic E-state index is -0.608. The van der Waals surface area contributed by atoms with Gasteiger partial charge in [-0.25, -0.2) is 0 Å². The van der Waals surface area contributed by atoms with Crippen LogP contribution in [0.5, 0.6) is 5.75 Å². The van der Waals surface area contributed by atoms with Crippen molar-refractivity contribution in [1.82, 2.24) is 0 Å². The highest BCUT2D eigenvalue weighted by Crippen LogP contribution is 2.26. The summed E-state index contributed by atoms with van der Waals surface area (Å²) in [5.74, 6) is -0.298. The van der Waals surface area contributed by atoms with Gasteiger partial charge in [0, 0.05) is 4.47 Å². The number of rotatable bonds is 4. The third-order valence-corrected chi connectivity index (χ3v) is 2.80. The Bertz CT molecular complexity index is 437. The molecule has 1 atom stereocenters. The van der Waals surface area contributed by atoms with Gasteiger partial charge in [-0.15, -0.1) is 0 Å². The van der Waals surface area contributed by atoms with Crippen LogP contribution in [0.1, 0.15) is 23.7 Å². The highest BCUT2D eigenvalue weighted by atomic mass is 79.9. The molecule has 0 aliphatic heterocycles. The zero-order valence-corrected chi connectivity index (χ0v) is 10.7. The molecule has 0 bridgehead atoms. The molecule has 0 fully saturated rings. The highest BCUT2D eigenvalue weighted by molar-refractivity contribution is 9.10. The van der Waals surface area contributed by atoms with Gasteiger partial charge < -0.3 is 4.74 Å². The van der Waals surface area contributed by atoms with E-state index in [0.29, 0.717) is 17.7 Å². The van der Waals surface area contributed by atoms with Crippen molar-refractivity contribution in [3.8, 4) is 11.8 Å². The number of nitriles is 1. The Morgan fingerprint density at radius 3 is 2.81 bits per heavy atom. The van der Waals surface area contributed by atoms with Gasteiger partial charge in [0.15, 0.2) is 5.78 Å². The molecule has 0 heterocycles. The molecule has 1 aromatic rings. The number of ether oxygens (including phenoxy) is 1. The van der Waals surface area contributed by atoms with Crippen LogP contribution in [0, 0.1) is 17.2 Å². The van der Waals surface area contributed by atoms with Crippen molar-refractivity contribution < 1.29 is 9.53 Å². The molecule has 1 aromatic carbocycles. The van der Waals surface area contributed by atoms with Crippen molar-refractivity contribution in [2.75, 3.05) is 7.11 Å². The van der Waals surface area contributed by atoms with E-state index in [0.717, 1.165) is 4.47 Å². The first kappa shape index (κ1) is 12.7. The van der Waals surface area contributed by atoms with Crippen molar-refractivity contribution in [2.24, 2.45) is 5.92 Å². The number of nitrogens with zero attached hydrogens (tertiary/aromatic N) is 1. The van der Waals surface area contributed by atoms with Gasteiger partial charge in [0.2, 0.25) is 0 Å². The van der Waals surface area contributed by atoms with E-state index >= 15 is 0 Å². The molecule has 84 valence electrons. The maximum atomic E-state index is 12.0. The molecule has 4 heteroatoms. The Morgan fingerprint density at radius 1 is 1.62 bits per heavy atom. The monoisotopic (exact) mass is 281 g/mol. The molecule has 0 radical (unpaired) electrons. The third-order valence-electron chi connectivity index (χ3n) is 2.31. The van der Waals surface area contributed by atoms with E-state index in [4.69, 9.17) is 10.00 Å². The van der Waals surface area contributed by atoms with Gasteiger partial charge in [-0.2, -0.15) is 5.26 Å². The summed E-state index contributed by atoms with van der Waals surface area (Å²) in [5.41, 5.74) is 0.449. The summed E-state index contributed by atoms with van der Waals surface area (Å²) in [6.45, 7) is 1.82. The van der Waals surface area contributed by atoms with Gasteiger partial charge in [-0.3, -0.25) is 4.79 Å². The minimum absolute atomic E-state index is 0.192. The van der Waals surface area contributed by atoms with Gasteiger partial charge in [-0.1, -0.05) is 22.9 Å². The van der Waals surface area contributed by atoms with E-state index in [9.17, 15) is 4.79 Å². The Morgan fingerprint density at radius 2 is 2.31 bits per heavy atom. The molecule has 3 nitrogen and oxygen atoms in total. The summed E-state index contributed by atoms with van der Waals surface area (Å²) in [5, 5.41) is 8.87. The molecule has 0 spiro atoms. The number of carbonyl (C=O) groups is 1. The molecule has 1 rings (SSSR count). The number of hydrogen-bond acceptors (Lipinski definition) is 3. The van der Waals surface area contributed by atoms with Crippen LogP contribution in [-0.4, -0.2) is 12.9 Å². The molecule has 0 amide bonds. The number of hydrogen-bond donors (Lipinski definition) is 0. The summed E-state index contributed by atoms with van der Waals surface area (Å²) in [4.78, 5) is 12.0. The second kappa shape index (κ2) is 5.66.